The highest BCUT2D eigenvalue weighted by Gasteiger charge is 2.30. The van der Waals surface area contributed by atoms with Gasteiger partial charge in [0.2, 0.25) is 0 Å². The Bertz CT molecular complexity index is 375. The van der Waals surface area contributed by atoms with Crippen LogP contribution in [0.3, 0.4) is 0 Å². The number of halogens is 4. The van der Waals surface area contributed by atoms with Crippen molar-refractivity contribution in [2.45, 2.75) is 19.0 Å². The normalized spacial score (nSPS) is 12.2. The van der Waals surface area contributed by atoms with Gasteiger partial charge in [-0.2, -0.15) is 13.2 Å². The summed E-state index contributed by atoms with van der Waals surface area (Å²) in [5.41, 5.74) is -0.0786. The van der Waals surface area contributed by atoms with Crippen molar-refractivity contribution in [3.05, 3.63) is 34.3 Å². The van der Waals surface area contributed by atoms with Gasteiger partial charge in [-0.1, -0.05) is 11.6 Å². The van der Waals surface area contributed by atoms with Crippen LogP contribution in [0.15, 0.2) is 18.2 Å². The average molecular weight is 266 g/mol. The first-order valence-electron chi connectivity index (χ1n) is 5.31. The van der Waals surface area contributed by atoms with Crippen molar-refractivity contribution in [3.8, 4) is 0 Å². The Kier molecular flexibility index (Phi) is 4.83. The van der Waals surface area contributed by atoms with E-state index in [4.69, 9.17) is 11.6 Å². The number of hydrogen-bond donors (Lipinski definition) is 0. The quantitative estimate of drug-likeness (QED) is 0.799. The van der Waals surface area contributed by atoms with Gasteiger partial charge in [-0.05, 0) is 57.2 Å². The Morgan fingerprint density at radius 1 is 1.24 bits per heavy atom. The molecule has 1 aromatic rings. The van der Waals surface area contributed by atoms with Crippen LogP contribution in [0.25, 0.3) is 0 Å². The fraction of sp³-hybridized carbons (Fsp3) is 0.500. The van der Waals surface area contributed by atoms with Crippen LogP contribution in [-0.4, -0.2) is 25.5 Å². The maximum atomic E-state index is 12.5. The van der Waals surface area contributed by atoms with E-state index in [2.05, 4.69) is 0 Å². The van der Waals surface area contributed by atoms with Crippen molar-refractivity contribution in [3.63, 3.8) is 0 Å². The van der Waals surface area contributed by atoms with E-state index in [0.717, 1.165) is 25.1 Å². The first-order chi connectivity index (χ1) is 7.80. The van der Waals surface area contributed by atoms with Gasteiger partial charge in [0.05, 0.1) is 5.56 Å². The molecule has 0 spiro atoms. The molecule has 0 saturated carbocycles. The predicted molar refractivity (Wildman–Crippen MR) is 63.3 cm³/mol. The summed E-state index contributed by atoms with van der Waals surface area (Å²) >= 11 is 5.88. The summed E-state index contributed by atoms with van der Waals surface area (Å²) in [6.07, 6.45) is -2.96. The summed E-state index contributed by atoms with van der Waals surface area (Å²) in [7, 11) is 3.85. The molecule has 0 radical (unpaired) electrons. The van der Waals surface area contributed by atoms with Crippen LogP contribution in [0.4, 0.5) is 13.2 Å². The van der Waals surface area contributed by atoms with Crippen LogP contribution in [0.2, 0.25) is 5.02 Å². The number of benzene rings is 1. The molecular formula is C12H15ClF3N. The first kappa shape index (κ1) is 14.3. The third-order valence-electron chi connectivity index (χ3n) is 2.42. The second kappa shape index (κ2) is 5.74. The van der Waals surface area contributed by atoms with Gasteiger partial charge in [-0.3, -0.25) is 0 Å². The van der Waals surface area contributed by atoms with E-state index in [1.54, 1.807) is 0 Å². The van der Waals surface area contributed by atoms with Gasteiger partial charge < -0.3 is 4.90 Å². The lowest BCUT2D eigenvalue weighted by molar-refractivity contribution is -0.137. The summed E-state index contributed by atoms with van der Waals surface area (Å²) in [6.45, 7) is 0.826. The van der Waals surface area contributed by atoms with Gasteiger partial charge in [-0.25, -0.2) is 0 Å². The number of nitrogens with zero attached hydrogens (tertiary/aromatic N) is 1. The fourth-order valence-corrected chi connectivity index (χ4v) is 1.74. The van der Waals surface area contributed by atoms with E-state index in [1.165, 1.54) is 6.07 Å². The molecular weight excluding hydrogens is 251 g/mol. The average Bonchev–Trinajstić information content (AvgIpc) is 2.18. The molecule has 17 heavy (non-hydrogen) atoms. The number of alkyl halides is 3. The summed E-state index contributed by atoms with van der Waals surface area (Å²) in [5, 5.41) is 0.400. The van der Waals surface area contributed by atoms with Gasteiger partial charge in [0.1, 0.15) is 0 Å². The first-order valence-corrected chi connectivity index (χ1v) is 5.69. The number of aryl methyl sites for hydroxylation is 1. The smallest absolute Gasteiger partial charge is 0.309 e. The second-order valence-electron chi connectivity index (χ2n) is 4.21. The van der Waals surface area contributed by atoms with Crippen molar-refractivity contribution in [1.82, 2.24) is 4.90 Å². The molecule has 0 amide bonds. The van der Waals surface area contributed by atoms with E-state index < -0.39 is 11.7 Å². The molecule has 0 saturated heterocycles. The van der Waals surface area contributed by atoms with Gasteiger partial charge >= 0.3 is 6.18 Å². The molecule has 0 bridgehead atoms. The molecule has 0 fully saturated rings. The molecule has 0 unspecified atom stereocenters. The van der Waals surface area contributed by atoms with E-state index >= 15 is 0 Å². The van der Waals surface area contributed by atoms with Crippen LogP contribution in [-0.2, 0) is 12.6 Å². The van der Waals surface area contributed by atoms with Crippen molar-refractivity contribution in [2.24, 2.45) is 0 Å². The molecule has 0 atom stereocenters. The lowest BCUT2D eigenvalue weighted by Gasteiger charge is -2.12. The fourth-order valence-electron chi connectivity index (χ4n) is 1.53. The van der Waals surface area contributed by atoms with Crippen LogP contribution in [0.5, 0.6) is 0 Å². The Balaban J connectivity index is 2.77. The molecule has 0 aliphatic rings. The summed E-state index contributed by atoms with van der Waals surface area (Å²) in [5.74, 6) is 0. The summed E-state index contributed by atoms with van der Waals surface area (Å²) in [4.78, 5) is 1.99. The van der Waals surface area contributed by atoms with Crippen molar-refractivity contribution in [1.29, 1.82) is 0 Å². The molecule has 1 rings (SSSR count). The molecule has 0 aliphatic heterocycles. The predicted octanol–water partition coefficient (Wildman–Crippen LogP) is 3.85. The third kappa shape index (κ3) is 4.56. The summed E-state index contributed by atoms with van der Waals surface area (Å²) < 4.78 is 37.5. The molecule has 0 heterocycles. The van der Waals surface area contributed by atoms with Crippen LogP contribution in [0, 0.1) is 0 Å². The minimum absolute atomic E-state index is 0.400. The molecule has 1 nitrogen and oxygen atoms in total. The van der Waals surface area contributed by atoms with Gasteiger partial charge in [0, 0.05) is 5.02 Å². The highest BCUT2D eigenvalue weighted by atomic mass is 35.5. The van der Waals surface area contributed by atoms with Crippen molar-refractivity contribution in [2.75, 3.05) is 20.6 Å². The lowest BCUT2D eigenvalue weighted by Crippen LogP contribution is -2.13. The maximum absolute atomic E-state index is 12.5. The van der Waals surface area contributed by atoms with Gasteiger partial charge in [0.15, 0.2) is 0 Å². The minimum atomic E-state index is -4.30. The SMILES string of the molecule is CN(C)CCCc1cc(C(F)(F)F)ccc1Cl. The zero-order valence-electron chi connectivity index (χ0n) is 9.81. The van der Waals surface area contributed by atoms with Crippen LogP contribution < -0.4 is 0 Å². The molecule has 0 aromatic heterocycles. The standard InChI is InChI=1S/C12H15ClF3N/c1-17(2)7-3-4-9-8-10(12(14,15)16)5-6-11(9)13/h5-6,8H,3-4,7H2,1-2H3. The minimum Gasteiger partial charge on any atom is -0.309 e. The zero-order valence-corrected chi connectivity index (χ0v) is 10.6. The third-order valence-corrected chi connectivity index (χ3v) is 2.79. The van der Waals surface area contributed by atoms with E-state index in [0.29, 0.717) is 17.0 Å². The molecule has 1 aromatic carbocycles. The van der Waals surface area contributed by atoms with Crippen molar-refractivity contribution >= 4 is 11.6 Å². The molecule has 0 aliphatic carbocycles. The Labute approximate surface area is 104 Å². The molecule has 5 heteroatoms. The number of hydrogen-bond acceptors (Lipinski definition) is 1. The monoisotopic (exact) mass is 265 g/mol. The largest absolute Gasteiger partial charge is 0.416 e. The second-order valence-corrected chi connectivity index (χ2v) is 4.62. The van der Waals surface area contributed by atoms with E-state index in [1.807, 2.05) is 19.0 Å². The highest BCUT2D eigenvalue weighted by molar-refractivity contribution is 6.31. The maximum Gasteiger partial charge on any atom is 0.416 e. The van der Waals surface area contributed by atoms with Gasteiger partial charge in [0.25, 0.3) is 0 Å². The lowest BCUT2D eigenvalue weighted by atomic mass is 10.1. The van der Waals surface area contributed by atoms with Crippen molar-refractivity contribution < 1.29 is 13.2 Å². The Hall–Kier alpha value is -0.740. The van der Waals surface area contributed by atoms with Gasteiger partial charge in [-0.15, -0.1) is 0 Å². The molecule has 96 valence electrons. The van der Waals surface area contributed by atoms with Crippen LogP contribution in [0.1, 0.15) is 17.5 Å². The molecule has 0 N–H and O–H groups in total. The Morgan fingerprint density at radius 2 is 1.88 bits per heavy atom. The number of rotatable bonds is 4. The van der Waals surface area contributed by atoms with Crippen LogP contribution >= 0.6 is 11.6 Å². The summed E-state index contributed by atoms with van der Waals surface area (Å²) in [6, 6.07) is 3.46. The Morgan fingerprint density at radius 3 is 2.41 bits per heavy atom. The highest BCUT2D eigenvalue weighted by Crippen LogP contribution is 2.32. The van der Waals surface area contributed by atoms with E-state index in [-0.39, 0.29) is 0 Å². The van der Waals surface area contributed by atoms with E-state index in [9.17, 15) is 13.2 Å². The zero-order chi connectivity index (χ0) is 13.1. The topological polar surface area (TPSA) is 3.24 Å².